The summed E-state index contributed by atoms with van der Waals surface area (Å²) >= 11 is 0. The van der Waals surface area contributed by atoms with Crippen LogP contribution in [0.15, 0.2) is 18.2 Å². The van der Waals surface area contributed by atoms with Gasteiger partial charge in [0.2, 0.25) is 0 Å². The van der Waals surface area contributed by atoms with Crippen molar-refractivity contribution in [3.8, 4) is 5.75 Å². The summed E-state index contributed by atoms with van der Waals surface area (Å²) in [6, 6.07) is 5.11. The minimum absolute atomic E-state index is 0.195. The summed E-state index contributed by atoms with van der Waals surface area (Å²) in [5.41, 5.74) is 1.39. The van der Waals surface area contributed by atoms with Crippen molar-refractivity contribution in [1.82, 2.24) is 0 Å². The molecule has 0 bridgehead atoms. The van der Waals surface area contributed by atoms with Crippen molar-refractivity contribution in [2.24, 2.45) is 0 Å². The van der Waals surface area contributed by atoms with Crippen molar-refractivity contribution in [3.05, 3.63) is 23.8 Å². The molecule has 1 aliphatic rings. The molecular weight excluding hydrogens is 188 g/mol. The Hall–Kier alpha value is -1.32. The Morgan fingerprint density at radius 2 is 2.21 bits per heavy atom. The second kappa shape index (κ2) is 3.12. The maximum absolute atomic E-state index is 13.0. The summed E-state index contributed by atoms with van der Waals surface area (Å²) in [7, 11) is 1.55. The summed E-state index contributed by atoms with van der Waals surface area (Å²) < 4.78 is 30.9. The first-order valence-electron chi connectivity index (χ1n) is 4.39. The van der Waals surface area contributed by atoms with Gasteiger partial charge in [0.25, 0.3) is 5.92 Å². The molecule has 2 nitrogen and oxygen atoms in total. The van der Waals surface area contributed by atoms with E-state index in [9.17, 15) is 8.78 Å². The molecular formula is C10H11F2NO. The first-order chi connectivity index (χ1) is 6.61. The van der Waals surface area contributed by atoms with Gasteiger partial charge in [-0.25, -0.2) is 8.78 Å². The first-order valence-corrected chi connectivity index (χ1v) is 4.39. The maximum atomic E-state index is 13.0. The molecule has 1 aromatic rings. The van der Waals surface area contributed by atoms with Gasteiger partial charge in [0.1, 0.15) is 5.75 Å². The lowest BCUT2D eigenvalue weighted by Crippen LogP contribution is -2.34. The predicted octanol–water partition coefficient (Wildman–Crippen LogP) is 2.30. The van der Waals surface area contributed by atoms with Crippen LogP contribution in [0.3, 0.4) is 0 Å². The smallest absolute Gasteiger partial charge is 0.269 e. The molecule has 1 N–H and O–H groups in total. The minimum atomic E-state index is -2.64. The lowest BCUT2D eigenvalue weighted by atomic mass is 10.0. The highest BCUT2D eigenvalue weighted by Gasteiger charge is 2.33. The molecule has 14 heavy (non-hydrogen) atoms. The van der Waals surface area contributed by atoms with Crippen LogP contribution in [0.5, 0.6) is 5.75 Å². The SMILES string of the molecule is COc1ccc2c(c1)NCC(F)(F)C2. The van der Waals surface area contributed by atoms with Gasteiger partial charge in [-0.1, -0.05) is 6.07 Å². The van der Waals surface area contributed by atoms with Crippen molar-refractivity contribution in [1.29, 1.82) is 0 Å². The highest BCUT2D eigenvalue weighted by molar-refractivity contribution is 5.57. The monoisotopic (exact) mass is 199 g/mol. The standard InChI is InChI=1S/C10H11F2NO/c1-14-8-3-2-7-5-10(11,12)6-13-9(7)4-8/h2-4,13H,5-6H2,1H3. The van der Waals surface area contributed by atoms with Crippen LogP contribution in [-0.2, 0) is 6.42 Å². The van der Waals surface area contributed by atoms with Gasteiger partial charge in [0.05, 0.1) is 13.7 Å². The number of halogens is 2. The van der Waals surface area contributed by atoms with Crippen LogP contribution in [0.2, 0.25) is 0 Å². The van der Waals surface area contributed by atoms with Crippen molar-refractivity contribution >= 4 is 5.69 Å². The summed E-state index contributed by atoms with van der Waals surface area (Å²) in [5.74, 6) is -1.96. The Kier molecular flexibility index (Phi) is 2.06. The van der Waals surface area contributed by atoms with E-state index in [1.165, 1.54) is 0 Å². The molecule has 76 valence electrons. The molecule has 0 aliphatic carbocycles. The van der Waals surface area contributed by atoms with Crippen molar-refractivity contribution < 1.29 is 13.5 Å². The van der Waals surface area contributed by atoms with Gasteiger partial charge in [0, 0.05) is 18.2 Å². The predicted molar refractivity (Wildman–Crippen MR) is 50.1 cm³/mol. The van der Waals surface area contributed by atoms with E-state index in [1.54, 1.807) is 25.3 Å². The molecule has 0 amide bonds. The van der Waals surface area contributed by atoms with Gasteiger partial charge >= 0.3 is 0 Å². The average Bonchev–Trinajstić information content (AvgIpc) is 2.16. The summed E-state index contributed by atoms with van der Waals surface area (Å²) in [5, 5.41) is 2.70. The second-order valence-electron chi connectivity index (χ2n) is 3.41. The first kappa shape index (κ1) is 9.24. The number of methoxy groups -OCH3 is 1. The lowest BCUT2D eigenvalue weighted by molar-refractivity contribution is 0.0129. The Labute approximate surface area is 80.9 Å². The van der Waals surface area contributed by atoms with Crippen LogP contribution in [0.25, 0.3) is 0 Å². The van der Waals surface area contributed by atoms with Gasteiger partial charge < -0.3 is 10.1 Å². The van der Waals surface area contributed by atoms with Gasteiger partial charge in [-0.15, -0.1) is 0 Å². The van der Waals surface area contributed by atoms with E-state index in [-0.39, 0.29) is 13.0 Å². The van der Waals surface area contributed by atoms with E-state index in [0.29, 0.717) is 11.3 Å². The number of nitrogens with one attached hydrogen (secondary N) is 1. The van der Waals surface area contributed by atoms with E-state index in [1.807, 2.05) is 0 Å². The average molecular weight is 199 g/mol. The zero-order chi connectivity index (χ0) is 10.2. The summed E-state index contributed by atoms with van der Waals surface area (Å²) in [6.45, 7) is -0.298. The number of hydrogen-bond donors (Lipinski definition) is 1. The molecule has 1 aromatic carbocycles. The zero-order valence-electron chi connectivity index (χ0n) is 7.81. The molecule has 0 saturated heterocycles. The molecule has 0 unspecified atom stereocenters. The maximum Gasteiger partial charge on any atom is 0.269 e. The Balaban J connectivity index is 2.32. The third-order valence-electron chi connectivity index (χ3n) is 2.30. The van der Waals surface area contributed by atoms with Gasteiger partial charge in [-0.3, -0.25) is 0 Å². The van der Waals surface area contributed by atoms with Crippen molar-refractivity contribution in [2.45, 2.75) is 12.3 Å². The van der Waals surface area contributed by atoms with Crippen LogP contribution in [0.1, 0.15) is 5.56 Å². The summed E-state index contributed by atoms with van der Waals surface area (Å²) in [4.78, 5) is 0. The molecule has 0 fully saturated rings. The Bertz CT molecular complexity index is 352. The number of fused-ring (bicyclic) bond motifs is 1. The van der Waals surface area contributed by atoms with Crippen LogP contribution in [0.4, 0.5) is 14.5 Å². The fraction of sp³-hybridized carbons (Fsp3) is 0.400. The van der Waals surface area contributed by atoms with E-state index >= 15 is 0 Å². The van der Waals surface area contributed by atoms with Crippen LogP contribution < -0.4 is 10.1 Å². The third kappa shape index (κ3) is 1.64. The Morgan fingerprint density at radius 1 is 1.43 bits per heavy atom. The number of alkyl halides is 2. The molecule has 0 atom stereocenters. The molecule has 0 aromatic heterocycles. The third-order valence-corrected chi connectivity index (χ3v) is 2.30. The topological polar surface area (TPSA) is 21.3 Å². The molecule has 0 radical (unpaired) electrons. The minimum Gasteiger partial charge on any atom is -0.497 e. The zero-order valence-corrected chi connectivity index (χ0v) is 7.81. The number of benzene rings is 1. The lowest BCUT2D eigenvalue weighted by Gasteiger charge is -2.26. The quantitative estimate of drug-likeness (QED) is 0.749. The fourth-order valence-corrected chi connectivity index (χ4v) is 1.57. The van der Waals surface area contributed by atoms with E-state index in [0.717, 1.165) is 5.69 Å². The van der Waals surface area contributed by atoms with E-state index in [4.69, 9.17) is 4.74 Å². The number of rotatable bonds is 1. The van der Waals surface area contributed by atoms with Crippen molar-refractivity contribution in [2.75, 3.05) is 19.0 Å². The van der Waals surface area contributed by atoms with Crippen LogP contribution in [0, 0.1) is 0 Å². The molecule has 0 saturated carbocycles. The van der Waals surface area contributed by atoms with Gasteiger partial charge in [0.15, 0.2) is 0 Å². The Morgan fingerprint density at radius 3 is 2.93 bits per heavy atom. The highest BCUT2D eigenvalue weighted by atomic mass is 19.3. The summed E-state index contributed by atoms with van der Waals surface area (Å²) in [6.07, 6.45) is -0.195. The number of ether oxygens (including phenoxy) is 1. The largest absolute Gasteiger partial charge is 0.497 e. The molecule has 2 rings (SSSR count). The molecule has 1 heterocycles. The van der Waals surface area contributed by atoms with E-state index in [2.05, 4.69) is 5.32 Å². The van der Waals surface area contributed by atoms with Crippen LogP contribution in [-0.4, -0.2) is 19.6 Å². The fourth-order valence-electron chi connectivity index (χ4n) is 1.57. The number of hydrogen-bond acceptors (Lipinski definition) is 2. The molecule has 0 spiro atoms. The molecule has 1 aliphatic heterocycles. The van der Waals surface area contributed by atoms with E-state index < -0.39 is 5.92 Å². The second-order valence-corrected chi connectivity index (χ2v) is 3.41. The van der Waals surface area contributed by atoms with Crippen molar-refractivity contribution in [3.63, 3.8) is 0 Å². The van der Waals surface area contributed by atoms with Gasteiger partial charge in [-0.2, -0.15) is 0 Å². The number of anilines is 1. The normalized spacial score (nSPS) is 18.2. The molecule has 4 heteroatoms. The highest BCUT2D eigenvalue weighted by Crippen LogP contribution is 2.32. The van der Waals surface area contributed by atoms with Crippen LogP contribution >= 0.6 is 0 Å². The van der Waals surface area contributed by atoms with Gasteiger partial charge in [-0.05, 0) is 11.6 Å².